The normalized spacial score (nSPS) is 20.3. The first-order chi connectivity index (χ1) is 30.8. The molecule has 1 heterocycles. The Morgan fingerprint density at radius 1 is 0.524 bits per heavy atom. The summed E-state index contributed by atoms with van der Waals surface area (Å²) in [5, 5.41) is 54.3. The van der Waals surface area contributed by atoms with Gasteiger partial charge in [0.1, 0.15) is 24.4 Å². The van der Waals surface area contributed by atoms with Crippen molar-refractivity contribution in [2.24, 2.45) is 0 Å². The van der Waals surface area contributed by atoms with E-state index >= 15 is 0 Å². The van der Waals surface area contributed by atoms with Crippen LogP contribution >= 0.6 is 0 Å². The molecule has 63 heavy (non-hydrogen) atoms. The van der Waals surface area contributed by atoms with Crippen LogP contribution in [0.15, 0.2) is 24.3 Å². The smallest absolute Gasteiger partial charge is 0.220 e. The first-order valence-electron chi connectivity index (χ1n) is 27.1. The quantitative estimate of drug-likeness (QED) is 0.0261. The summed E-state index contributed by atoms with van der Waals surface area (Å²) < 4.78 is 11.2. The molecule has 6 N–H and O–H groups in total. The minimum atomic E-state index is -1.56. The molecule has 1 fully saturated rings. The number of carbonyl (C=O) groups is 1. The van der Waals surface area contributed by atoms with E-state index in [1.165, 1.54) is 199 Å². The average molecular weight is 894 g/mol. The Labute approximate surface area is 388 Å². The Morgan fingerprint density at radius 2 is 0.889 bits per heavy atom. The van der Waals surface area contributed by atoms with Gasteiger partial charge in [0.25, 0.3) is 0 Å². The minimum Gasteiger partial charge on any atom is -0.394 e. The molecule has 0 spiro atoms. The molecule has 1 rings (SSSR count). The molecule has 0 saturated carbocycles. The number of hydrogen-bond donors (Lipinski definition) is 6. The predicted molar refractivity (Wildman–Crippen MR) is 263 cm³/mol. The number of unbranched alkanes of at least 4 members (excludes halogenated alkanes) is 34. The molecule has 9 nitrogen and oxygen atoms in total. The van der Waals surface area contributed by atoms with Crippen LogP contribution in [0.25, 0.3) is 0 Å². The van der Waals surface area contributed by atoms with Crippen LogP contribution < -0.4 is 5.32 Å². The molecule has 9 heteroatoms. The lowest BCUT2D eigenvalue weighted by molar-refractivity contribution is -0.302. The molecule has 0 aromatic rings. The third-order valence-electron chi connectivity index (χ3n) is 13.0. The molecule has 7 atom stereocenters. The van der Waals surface area contributed by atoms with Crippen LogP contribution in [0.4, 0.5) is 0 Å². The van der Waals surface area contributed by atoms with Crippen molar-refractivity contribution < 1.29 is 39.8 Å². The van der Waals surface area contributed by atoms with Crippen molar-refractivity contribution in [3.8, 4) is 0 Å². The van der Waals surface area contributed by atoms with Crippen LogP contribution in [0, 0.1) is 0 Å². The van der Waals surface area contributed by atoms with Crippen molar-refractivity contribution in [2.45, 2.75) is 301 Å². The van der Waals surface area contributed by atoms with Crippen molar-refractivity contribution >= 4 is 5.91 Å². The van der Waals surface area contributed by atoms with Crippen LogP contribution in [0.5, 0.6) is 0 Å². The highest BCUT2D eigenvalue weighted by molar-refractivity contribution is 5.76. The number of amides is 1. The number of carbonyl (C=O) groups excluding carboxylic acids is 1. The summed E-state index contributed by atoms with van der Waals surface area (Å²) in [4.78, 5) is 13.0. The highest BCUT2D eigenvalue weighted by atomic mass is 16.7. The Morgan fingerprint density at radius 3 is 1.29 bits per heavy atom. The Bertz CT molecular complexity index is 1040. The van der Waals surface area contributed by atoms with Crippen LogP contribution in [-0.2, 0) is 14.3 Å². The summed E-state index contributed by atoms with van der Waals surface area (Å²) >= 11 is 0. The van der Waals surface area contributed by atoms with Gasteiger partial charge in [0.2, 0.25) is 5.91 Å². The van der Waals surface area contributed by atoms with Crippen molar-refractivity contribution in [3.63, 3.8) is 0 Å². The predicted octanol–water partition coefficient (Wildman–Crippen LogP) is 12.6. The van der Waals surface area contributed by atoms with E-state index in [9.17, 15) is 30.3 Å². The first-order valence-corrected chi connectivity index (χ1v) is 27.1. The molecule has 0 aromatic heterocycles. The van der Waals surface area contributed by atoms with E-state index in [1.807, 2.05) is 6.08 Å². The lowest BCUT2D eigenvalue weighted by Gasteiger charge is -2.40. The van der Waals surface area contributed by atoms with E-state index in [0.717, 1.165) is 38.5 Å². The molecule has 0 aromatic carbocycles. The summed E-state index contributed by atoms with van der Waals surface area (Å²) in [5.41, 5.74) is 0. The molecule has 372 valence electrons. The SMILES string of the molecule is CCCCCCCCCCCC/C=C/C(O)C(COC1OC(CO)C(O)C(O)C1O)NC(=O)CCCCCCCCCCCCCC/C=C\CCCCCCCCCCCCCC. The van der Waals surface area contributed by atoms with Gasteiger partial charge in [-0.15, -0.1) is 0 Å². The molecule has 0 bridgehead atoms. The van der Waals surface area contributed by atoms with Crippen molar-refractivity contribution in [1.82, 2.24) is 5.32 Å². The Hall–Kier alpha value is -1.33. The summed E-state index contributed by atoms with van der Waals surface area (Å²) in [6, 6.07) is -0.801. The molecule has 7 unspecified atom stereocenters. The molecule has 1 amide bonds. The van der Waals surface area contributed by atoms with Gasteiger partial charge in [0.05, 0.1) is 25.4 Å². The maximum absolute atomic E-state index is 13.0. The molecule has 1 aliphatic rings. The van der Waals surface area contributed by atoms with Crippen LogP contribution in [0.3, 0.4) is 0 Å². The van der Waals surface area contributed by atoms with Crippen molar-refractivity contribution in [1.29, 1.82) is 0 Å². The maximum atomic E-state index is 13.0. The van der Waals surface area contributed by atoms with Gasteiger partial charge in [0.15, 0.2) is 6.29 Å². The number of aliphatic hydroxyl groups is 5. The van der Waals surface area contributed by atoms with Crippen molar-refractivity contribution in [3.05, 3.63) is 24.3 Å². The minimum absolute atomic E-state index is 0.176. The first kappa shape index (κ1) is 59.7. The zero-order valence-corrected chi connectivity index (χ0v) is 41.1. The van der Waals surface area contributed by atoms with Gasteiger partial charge in [-0.2, -0.15) is 0 Å². The monoisotopic (exact) mass is 894 g/mol. The second kappa shape index (κ2) is 44.5. The number of ether oxygens (including phenoxy) is 2. The van der Waals surface area contributed by atoms with Crippen LogP contribution in [0.2, 0.25) is 0 Å². The van der Waals surface area contributed by atoms with Gasteiger partial charge in [0, 0.05) is 6.42 Å². The molecule has 1 saturated heterocycles. The van der Waals surface area contributed by atoms with E-state index in [-0.39, 0.29) is 12.5 Å². The fraction of sp³-hybridized carbons (Fsp3) is 0.907. The summed E-state index contributed by atoms with van der Waals surface area (Å²) in [6.45, 7) is 3.78. The molecular weight excluding hydrogens is 791 g/mol. The van der Waals surface area contributed by atoms with E-state index < -0.39 is 49.5 Å². The van der Waals surface area contributed by atoms with E-state index in [4.69, 9.17) is 9.47 Å². The third kappa shape index (κ3) is 34.6. The Balaban J connectivity index is 2.17. The molecule has 0 radical (unpaired) electrons. The van der Waals surface area contributed by atoms with Crippen molar-refractivity contribution in [2.75, 3.05) is 13.2 Å². The number of aliphatic hydroxyl groups excluding tert-OH is 5. The standard InChI is InChI=1S/C54H103NO8/c1-3-5-7-9-11-13-15-17-18-19-20-21-22-23-24-25-26-27-28-29-30-31-32-34-36-38-40-42-44-50(58)55-47(46-62-54-53(61)52(60)51(59)49(45-56)63-54)48(57)43-41-39-37-35-33-16-14-12-10-8-6-4-2/h23-24,41,43,47-49,51-54,56-57,59-61H,3-22,25-40,42,44-46H2,1-2H3,(H,55,58)/b24-23-,43-41+. The highest BCUT2D eigenvalue weighted by Gasteiger charge is 2.44. The van der Waals surface area contributed by atoms with Gasteiger partial charge < -0.3 is 40.3 Å². The second-order valence-electron chi connectivity index (χ2n) is 19.0. The molecule has 1 aliphatic heterocycles. The maximum Gasteiger partial charge on any atom is 0.220 e. The van der Waals surface area contributed by atoms with Gasteiger partial charge in [-0.05, 0) is 44.9 Å². The summed E-state index contributed by atoms with van der Waals surface area (Å²) in [5.74, 6) is -0.176. The van der Waals surface area contributed by atoms with Crippen LogP contribution in [-0.4, -0.2) is 87.5 Å². The summed E-state index contributed by atoms with van der Waals surface area (Å²) in [7, 11) is 0. The lowest BCUT2D eigenvalue weighted by atomic mass is 9.99. The topological polar surface area (TPSA) is 149 Å². The lowest BCUT2D eigenvalue weighted by Crippen LogP contribution is -2.60. The summed E-state index contributed by atoms with van der Waals surface area (Å²) in [6.07, 6.45) is 48.2. The van der Waals surface area contributed by atoms with Crippen LogP contribution in [0.1, 0.15) is 258 Å². The zero-order valence-electron chi connectivity index (χ0n) is 41.1. The highest BCUT2D eigenvalue weighted by Crippen LogP contribution is 2.23. The zero-order chi connectivity index (χ0) is 45.9. The van der Waals surface area contributed by atoms with Gasteiger partial charge in [-0.3, -0.25) is 4.79 Å². The largest absolute Gasteiger partial charge is 0.394 e. The average Bonchev–Trinajstić information content (AvgIpc) is 3.28. The second-order valence-corrected chi connectivity index (χ2v) is 19.0. The van der Waals surface area contributed by atoms with E-state index in [1.54, 1.807) is 6.08 Å². The molecule has 0 aliphatic carbocycles. The Kier molecular flexibility index (Phi) is 42.2. The molecular formula is C54H103NO8. The number of rotatable bonds is 46. The number of nitrogens with one attached hydrogen (secondary N) is 1. The van der Waals surface area contributed by atoms with Gasteiger partial charge in [-0.25, -0.2) is 0 Å². The fourth-order valence-corrected chi connectivity index (χ4v) is 8.68. The van der Waals surface area contributed by atoms with E-state index in [2.05, 4.69) is 31.3 Å². The van der Waals surface area contributed by atoms with E-state index in [0.29, 0.717) is 6.42 Å². The third-order valence-corrected chi connectivity index (χ3v) is 13.0. The van der Waals surface area contributed by atoms with Gasteiger partial charge in [-0.1, -0.05) is 231 Å². The number of hydrogen-bond acceptors (Lipinski definition) is 8. The van der Waals surface area contributed by atoms with Gasteiger partial charge >= 0.3 is 0 Å². The fourth-order valence-electron chi connectivity index (χ4n) is 8.68. The number of allylic oxidation sites excluding steroid dienone is 3.